The number of carbonyl (C=O) groups is 3. The Hall–Kier alpha value is -3.26. The molecule has 2 amide bonds. The van der Waals surface area contributed by atoms with Crippen molar-refractivity contribution in [1.82, 2.24) is 10.3 Å². The molecule has 27 heavy (non-hydrogen) atoms. The molecule has 0 aliphatic rings. The number of thiazole rings is 1. The molecule has 1 heterocycles. The van der Waals surface area contributed by atoms with Crippen LogP contribution < -0.4 is 11.1 Å². The molecule has 1 aromatic heterocycles. The molecule has 2 aromatic carbocycles. The van der Waals surface area contributed by atoms with Crippen molar-refractivity contribution in [2.75, 3.05) is 0 Å². The quantitative estimate of drug-likeness (QED) is 0.575. The molecule has 8 heteroatoms. The molecule has 3 rings (SSSR count). The van der Waals surface area contributed by atoms with Gasteiger partial charge in [0, 0.05) is 0 Å². The largest absolute Gasteiger partial charge is 0.480 e. The van der Waals surface area contributed by atoms with Gasteiger partial charge in [0.25, 0.3) is 0 Å². The van der Waals surface area contributed by atoms with Crippen molar-refractivity contribution in [3.05, 3.63) is 53.5 Å². The molecular weight excluding hydrogens is 366 g/mol. The molecule has 3 aromatic rings. The van der Waals surface area contributed by atoms with Gasteiger partial charge < -0.3 is 16.2 Å². The molecule has 1 atom stereocenters. The Kier molecular flexibility index (Phi) is 5.46. The van der Waals surface area contributed by atoms with Crippen molar-refractivity contribution in [2.45, 2.75) is 18.9 Å². The Morgan fingerprint density at radius 3 is 2.52 bits per heavy atom. The summed E-state index contributed by atoms with van der Waals surface area (Å²) in [6, 6.07) is 14.4. The molecular formula is C19H17N3O4S. The first-order chi connectivity index (χ1) is 12.9. The smallest absolute Gasteiger partial charge is 0.326 e. The Balaban J connectivity index is 1.74. The zero-order valence-electron chi connectivity index (χ0n) is 14.2. The van der Waals surface area contributed by atoms with Crippen LogP contribution >= 0.6 is 11.3 Å². The third kappa shape index (κ3) is 4.68. The Morgan fingerprint density at radius 1 is 1.11 bits per heavy atom. The summed E-state index contributed by atoms with van der Waals surface area (Å²) in [5.74, 6) is -2.62. The summed E-state index contributed by atoms with van der Waals surface area (Å²) in [6.45, 7) is 0. The number of primary amides is 1. The Morgan fingerprint density at radius 2 is 1.85 bits per heavy atom. The predicted molar refractivity (Wildman–Crippen MR) is 102 cm³/mol. The normalized spacial score (nSPS) is 11.9. The van der Waals surface area contributed by atoms with E-state index in [1.54, 1.807) is 0 Å². The Bertz CT molecular complexity index is 1000. The van der Waals surface area contributed by atoms with E-state index in [2.05, 4.69) is 10.3 Å². The number of carboxylic acid groups (broad SMARTS) is 1. The van der Waals surface area contributed by atoms with Crippen LogP contribution in [-0.2, 0) is 20.8 Å². The van der Waals surface area contributed by atoms with Crippen LogP contribution in [0.5, 0.6) is 0 Å². The number of fused-ring (bicyclic) bond motifs is 1. The highest BCUT2D eigenvalue weighted by atomic mass is 32.1. The first-order valence-electron chi connectivity index (χ1n) is 8.18. The van der Waals surface area contributed by atoms with Gasteiger partial charge in [0.05, 0.1) is 23.1 Å². The number of aliphatic carboxylic acids is 1. The zero-order chi connectivity index (χ0) is 19.4. The number of hydrogen-bond donors (Lipinski definition) is 3. The molecule has 0 fully saturated rings. The zero-order valence-corrected chi connectivity index (χ0v) is 15.0. The van der Waals surface area contributed by atoms with Gasteiger partial charge in [-0.3, -0.25) is 9.59 Å². The number of hydrogen-bond acceptors (Lipinski definition) is 5. The molecule has 0 bridgehead atoms. The van der Waals surface area contributed by atoms with Gasteiger partial charge in [-0.2, -0.15) is 0 Å². The van der Waals surface area contributed by atoms with Crippen LogP contribution in [0.25, 0.3) is 21.3 Å². The summed E-state index contributed by atoms with van der Waals surface area (Å²) in [6.07, 6.45) is -0.524. The standard InChI is InChI=1S/C19H17N3O4S/c20-16(23)9-14(19(25)26)21-17(24)10-18-22-13-8-12(6-7-15(13)27-18)11-4-2-1-3-5-11/h1-8,14H,9-10H2,(H2,20,23)(H,21,24)(H,25,26)/t14-/m0/s1. The number of nitrogens with one attached hydrogen (secondary N) is 1. The summed E-state index contributed by atoms with van der Waals surface area (Å²) in [7, 11) is 0. The van der Waals surface area contributed by atoms with E-state index < -0.39 is 30.2 Å². The first kappa shape index (κ1) is 18.5. The monoisotopic (exact) mass is 383 g/mol. The van der Waals surface area contributed by atoms with E-state index in [0.717, 1.165) is 21.3 Å². The summed E-state index contributed by atoms with van der Waals surface area (Å²) in [5, 5.41) is 11.9. The molecule has 0 saturated heterocycles. The lowest BCUT2D eigenvalue weighted by atomic mass is 10.1. The van der Waals surface area contributed by atoms with E-state index in [1.165, 1.54) is 11.3 Å². The van der Waals surface area contributed by atoms with Crippen molar-refractivity contribution < 1.29 is 19.5 Å². The number of rotatable bonds is 7. The lowest BCUT2D eigenvalue weighted by Gasteiger charge is -2.11. The molecule has 0 radical (unpaired) electrons. The molecule has 0 saturated carbocycles. The molecule has 7 nitrogen and oxygen atoms in total. The van der Waals surface area contributed by atoms with Crippen LogP contribution in [-0.4, -0.2) is 33.9 Å². The van der Waals surface area contributed by atoms with Gasteiger partial charge in [0.2, 0.25) is 11.8 Å². The van der Waals surface area contributed by atoms with E-state index >= 15 is 0 Å². The number of benzene rings is 2. The fraction of sp³-hybridized carbons (Fsp3) is 0.158. The van der Waals surface area contributed by atoms with E-state index in [1.807, 2.05) is 48.5 Å². The minimum Gasteiger partial charge on any atom is -0.480 e. The Labute approximate surface area is 158 Å². The fourth-order valence-corrected chi connectivity index (χ4v) is 3.59. The molecule has 0 aliphatic heterocycles. The number of carboxylic acids is 1. The summed E-state index contributed by atoms with van der Waals surface area (Å²) >= 11 is 1.37. The number of nitrogens with zero attached hydrogens (tertiary/aromatic N) is 1. The lowest BCUT2D eigenvalue weighted by Crippen LogP contribution is -2.43. The van der Waals surface area contributed by atoms with Crippen LogP contribution in [0.1, 0.15) is 11.4 Å². The second-order valence-corrected chi connectivity index (χ2v) is 7.08. The van der Waals surface area contributed by atoms with Crippen LogP contribution in [0, 0.1) is 0 Å². The molecule has 138 valence electrons. The van der Waals surface area contributed by atoms with Gasteiger partial charge in [0.15, 0.2) is 0 Å². The minimum absolute atomic E-state index is 0.0669. The van der Waals surface area contributed by atoms with E-state index in [9.17, 15) is 14.4 Å². The predicted octanol–water partition coefficient (Wildman–Crippen LogP) is 1.95. The van der Waals surface area contributed by atoms with E-state index in [0.29, 0.717) is 5.01 Å². The summed E-state index contributed by atoms with van der Waals surface area (Å²) < 4.78 is 0.935. The second-order valence-electron chi connectivity index (χ2n) is 5.96. The van der Waals surface area contributed by atoms with Gasteiger partial charge in [-0.15, -0.1) is 11.3 Å². The maximum Gasteiger partial charge on any atom is 0.326 e. The van der Waals surface area contributed by atoms with Crippen molar-refractivity contribution >= 4 is 39.3 Å². The second kappa shape index (κ2) is 7.96. The maximum absolute atomic E-state index is 12.1. The van der Waals surface area contributed by atoms with Gasteiger partial charge in [-0.1, -0.05) is 36.4 Å². The van der Waals surface area contributed by atoms with Crippen LogP contribution in [0.2, 0.25) is 0 Å². The highest BCUT2D eigenvalue weighted by Crippen LogP contribution is 2.28. The van der Waals surface area contributed by atoms with Crippen LogP contribution in [0.4, 0.5) is 0 Å². The fourth-order valence-electron chi connectivity index (χ4n) is 2.64. The van der Waals surface area contributed by atoms with Crippen LogP contribution in [0.15, 0.2) is 48.5 Å². The van der Waals surface area contributed by atoms with Crippen molar-refractivity contribution in [2.24, 2.45) is 5.73 Å². The van der Waals surface area contributed by atoms with E-state index in [4.69, 9.17) is 10.8 Å². The molecule has 0 spiro atoms. The van der Waals surface area contributed by atoms with Crippen molar-refractivity contribution in [3.63, 3.8) is 0 Å². The first-order valence-corrected chi connectivity index (χ1v) is 8.99. The maximum atomic E-state index is 12.1. The highest BCUT2D eigenvalue weighted by molar-refractivity contribution is 7.18. The van der Waals surface area contributed by atoms with Crippen molar-refractivity contribution in [3.8, 4) is 11.1 Å². The van der Waals surface area contributed by atoms with Gasteiger partial charge in [-0.25, -0.2) is 9.78 Å². The average Bonchev–Trinajstić information content (AvgIpc) is 3.02. The number of aromatic nitrogens is 1. The summed E-state index contributed by atoms with van der Waals surface area (Å²) in [4.78, 5) is 38.6. The average molecular weight is 383 g/mol. The molecule has 0 aliphatic carbocycles. The SMILES string of the molecule is NC(=O)C[C@H](NC(=O)Cc1nc2cc(-c3ccccc3)ccc2s1)C(=O)O. The minimum atomic E-state index is -1.34. The molecule has 4 N–H and O–H groups in total. The number of nitrogens with two attached hydrogens (primary N) is 1. The summed E-state index contributed by atoms with van der Waals surface area (Å²) in [5.41, 5.74) is 7.88. The van der Waals surface area contributed by atoms with Crippen molar-refractivity contribution in [1.29, 1.82) is 0 Å². The lowest BCUT2D eigenvalue weighted by molar-refractivity contribution is -0.143. The van der Waals surface area contributed by atoms with Gasteiger partial charge in [0.1, 0.15) is 11.0 Å². The van der Waals surface area contributed by atoms with Gasteiger partial charge in [-0.05, 0) is 23.3 Å². The van der Waals surface area contributed by atoms with Crippen LogP contribution in [0.3, 0.4) is 0 Å². The number of amides is 2. The van der Waals surface area contributed by atoms with E-state index in [-0.39, 0.29) is 6.42 Å². The third-order valence-corrected chi connectivity index (χ3v) is 4.93. The topological polar surface area (TPSA) is 122 Å². The van der Waals surface area contributed by atoms with Gasteiger partial charge >= 0.3 is 5.97 Å². The highest BCUT2D eigenvalue weighted by Gasteiger charge is 2.22. The number of carbonyl (C=O) groups excluding carboxylic acids is 2. The third-order valence-electron chi connectivity index (χ3n) is 3.89. The molecule has 0 unspecified atom stereocenters.